The summed E-state index contributed by atoms with van der Waals surface area (Å²) >= 11 is 0. The molecule has 44 heavy (non-hydrogen) atoms. The van der Waals surface area contributed by atoms with Gasteiger partial charge < -0.3 is 58.0 Å². The third kappa shape index (κ3) is 6.26. The first-order chi connectivity index (χ1) is 20.8. The van der Waals surface area contributed by atoms with E-state index in [1.165, 1.54) is 21.3 Å². The van der Waals surface area contributed by atoms with Crippen molar-refractivity contribution in [3.05, 3.63) is 24.3 Å². The zero-order chi connectivity index (χ0) is 32.6. The van der Waals surface area contributed by atoms with Gasteiger partial charge >= 0.3 is 5.97 Å². The fraction of sp³-hybridized carbons (Fsp3) is 0.839. The van der Waals surface area contributed by atoms with Gasteiger partial charge in [0.05, 0.1) is 18.3 Å². The topological polar surface area (TPSA) is 161 Å². The highest BCUT2D eigenvalue weighted by molar-refractivity contribution is 5.76. The Hall–Kier alpha value is -1.49. The molecule has 0 radical (unpaired) electrons. The van der Waals surface area contributed by atoms with E-state index in [1.807, 2.05) is 32.9 Å². The van der Waals surface area contributed by atoms with Crippen LogP contribution in [0.2, 0.25) is 0 Å². The lowest BCUT2D eigenvalue weighted by atomic mass is 9.72. The molecular weight excluding hydrogens is 580 g/mol. The molecule has 4 saturated heterocycles. The molecule has 0 unspecified atom stereocenters. The molecule has 0 aromatic rings. The van der Waals surface area contributed by atoms with E-state index in [0.29, 0.717) is 6.42 Å². The maximum Gasteiger partial charge on any atom is 0.315 e. The Labute approximate surface area is 259 Å². The Balaban J connectivity index is 1.59. The van der Waals surface area contributed by atoms with Crippen LogP contribution in [-0.2, 0) is 47.4 Å². The summed E-state index contributed by atoms with van der Waals surface area (Å²) in [7, 11) is 4.34. The third-order valence-electron chi connectivity index (χ3n) is 9.38. The van der Waals surface area contributed by atoms with Crippen LogP contribution in [0.5, 0.6) is 0 Å². The molecule has 4 fully saturated rings. The number of fused-ring (bicyclic) bond motifs is 1. The first-order valence-corrected chi connectivity index (χ1v) is 15.3. The van der Waals surface area contributed by atoms with Gasteiger partial charge in [0.25, 0.3) is 0 Å². The van der Waals surface area contributed by atoms with E-state index >= 15 is 0 Å². The lowest BCUT2D eigenvalue weighted by molar-refractivity contribution is -0.388. The summed E-state index contributed by atoms with van der Waals surface area (Å²) in [6, 6.07) is 0. The van der Waals surface area contributed by atoms with E-state index in [9.17, 15) is 20.1 Å². The molecular formula is C31H50O13. The summed E-state index contributed by atoms with van der Waals surface area (Å²) in [5.41, 5.74) is -0.855. The van der Waals surface area contributed by atoms with Gasteiger partial charge in [-0.1, -0.05) is 45.1 Å². The highest BCUT2D eigenvalue weighted by Crippen LogP contribution is 2.51. The maximum atomic E-state index is 12.9. The standard InChI is InChI=1S/C31H50O13/c1-10-12-13-14-18-30(5,6)25(26-31(35,44-18)17(11-2)27(34)42-26)43-28-20(33)23(37-8)22(16(4)39-28)41-29-24(38-9)19(32)21(36-7)15(3)40-29/h10,12-26,28-29,32-33,35H,11H2,1-9H3/b12-10-,14-13+/t15-,16+,17+,18-,19+,20+,21-,22+,23-,24+,25-,26+,28-,29-,31+/m0/s1. The molecule has 0 spiro atoms. The number of esters is 1. The molecule has 252 valence electrons. The van der Waals surface area contributed by atoms with Gasteiger partial charge in [0.2, 0.25) is 5.79 Å². The fourth-order valence-electron chi connectivity index (χ4n) is 6.81. The molecule has 0 aliphatic carbocycles. The van der Waals surface area contributed by atoms with Crippen molar-refractivity contribution in [3.8, 4) is 0 Å². The Morgan fingerprint density at radius 3 is 2.07 bits per heavy atom. The largest absolute Gasteiger partial charge is 0.453 e. The first kappa shape index (κ1) is 35.4. The van der Waals surface area contributed by atoms with E-state index in [4.69, 9.17) is 42.6 Å². The molecule has 4 rings (SSSR count). The zero-order valence-corrected chi connectivity index (χ0v) is 27.0. The number of aliphatic hydroxyl groups excluding tert-OH is 2. The summed E-state index contributed by atoms with van der Waals surface area (Å²) in [4.78, 5) is 12.9. The van der Waals surface area contributed by atoms with Crippen LogP contribution < -0.4 is 0 Å². The number of methoxy groups -OCH3 is 3. The second kappa shape index (κ2) is 14.1. The molecule has 0 bridgehead atoms. The van der Waals surface area contributed by atoms with Gasteiger partial charge in [0.1, 0.15) is 48.6 Å². The van der Waals surface area contributed by atoms with Gasteiger partial charge in [-0.15, -0.1) is 0 Å². The minimum Gasteiger partial charge on any atom is -0.453 e. The number of rotatable bonds is 10. The number of allylic oxidation sites excluding steroid dienone is 3. The maximum absolute atomic E-state index is 12.9. The summed E-state index contributed by atoms with van der Waals surface area (Å²) in [5.74, 6) is -3.47. The minimum absolute atomic E-state index is 0.290. The smallest absolute Gasteiger partial charge is 0.315 e. The van der Waals surface area contributed by atoms with Crippen LogP contribution >= 0.6 is 0 Å². The van der Waals surface area contributed by atoms with Gasteiger partial charge in [0, 0.05) is 26.7 Å². The van der Waals surface area contributed by atoms with Crippen LogP contribution in [0.25, 0.3) is 0 Å². The van der Waals surface area contributed by atoms with Crippen molar-refractivity contribution in [1.29, 1.82) is 0 Å². The Kier molecular flexibility index (Phi) is 11.3. The molecule has 15 atom stereocenters. The van der Waals surface area contributed by atoms with E-state index in [2.05, 4.69) is 0 Å². The summed E-state index contributed by atoms with van der Waals surface area (Å²) in [5, 5.41) is 34.1. The van der Waals surface area contributed by atoms with Crippen LogP contribution in [0.15, 0.2) is 24.3 Å². The van der Waals surface area contributed by atoms with Crippen LogP contribution in [0.3, 0.4) is 0 Å². The SMILES string of the molecule is C/C=C\C=C\[C@@H]1O[C@]2(O)[C@H](CC)C(=O)O[C@@H]2[C@H](O[C@@H]2O[C@H](C)[C@@H](O[C@@H]3O[C@@H](C)[C@H](OC)[C@@H](O)[C@H]3OC)[C@@H](OC)[C@H]2O)C1(C)C. The summed E-state index contributed by atoms with van der Waals surface area (Å²) in [6.45, 7) is 10.9. The molecule has 0 aromatic heterocycles. The van der Waals surface area contributed by atoms with Crippen molar-refractivity contribution in [1.82, 2.24) is 0 Å². The average molecular weight is 631 g/mol. The predicted octanol–water partition coefficient (Wildman–Crippen LogP) is 1.21. The van der Waals surface area contributed by atoms with E-state index < -0.39 is 103 Å². The number of carbonyl (C=O) groups excluding carboxylic acids is 1. The van der Waals surface area contributed by atoms with Crippen LogP contribution in [0.4, 0.5) is 0 Å². The van der Waals surface area contributed by atoms with Crippen LogP contribution in [-0.4, -0.2) is 128 Å². The normalized spacial score (nSPS) is 47.7. The average Bonchev–Trinajstić information content (AvgIpc) is 3.22. The molecule has 4 heterocycles. The molecule has 4 aliphatic heterocycles. The van der Waals surface area contributed by atoms with E-state index in [-0.39, 0.29) is 0 Å². The highest BCUT2D eigenvalue weighted by atomic mass is 16.8. The monoisotopic (exact) mass is 630 g/mol. The molecule has 4 aliphatic rings. The number of carbonyl (C=O) groups is 1. The van der Waals surface area contributed by atoms with Gasteiger partial charge in [-0.2, -0.15) is 0 Å². The van der Waals surface area contributed by atoms with Crippen molar-refractivity contribution in [3.63, 3.8) is 0 Å². The zero-order valence-electron chi connectivity index (χ0n) is 27.0. The Morgan fingerprint density at radius 2 is 1.48 bits per heavy atom. The van der Waals surface area contributed by atoms with Crippen LogP contribution in [0.1, 0.15) is 48.0 Å². The van der Waals surface area contributed by atoms with E-state index in [0.717, 1.165) is 0 Å². The molecule has 0 amide bonds. The van der Waals surface area contributed by atoms with Crippen molar-refractivity contribution in [2.45, 2.75) is 133 Å². The predicted molar refractivity (Wildman–Crippen MR) is 154 cm³/mol. The number of hydrogen-bond acceptors (Lipinski definition) is 13. The first-order valence-electron chi connectivity index (χ1n) is 15.3. The van der Waals surface area contributed by atoms with Gasteiger partial charge in [-0.3, -0.25) is 4.79 Å². The van der Waals surface area contributed by atoms with Crippen molar-refractivity contribution >= 4 is 5.97 Å². The summed E-state index contributed by atoms with van der Waals surface area (Å²) < 4.78 is 53.4. The molecule has 13 heteroatoms. The highest BCUT2D eigenvalue weighted by Gasteiger charge is 2.68. The molecule has 13 nitrogen and oxygen atoms in total. The molecule has 0 aromatic carbocycles. The van der Waals surface area contributed by atoms with Crippen molar-refractivity contribution in [2.24, 2.45) is 11.3 Å². The quantitative estimate of drug-likeness (QED) is 0.234. The molecule has 3 N–H and O–H groups in total. The van der Waals surface area contributed by atoms with Gasteiger partial charge in [0.15, 0.2) is 18.7 Å². The molecule has 0 saturated carbocycles. The number of hydrogen-bond donors (Lipinski definition) is 3. The van der Waals surface area contributed by atoms with Crippen LogP contribution in [0, 0.1) is 11.3 Å². The number of aliphatic hydroxyl groups is 3. The fourth-order valence-corrected chi connectivity index (χ4v) is 6.81. The lowest BCUT2D eigenvalue weighted by Gasteiger charge is -2.53. The third-order valence-corrected chi connectivity index (χ3v) is 9.38. The van der Waals surface area contributed by atoms with Gasteiger partial charge in [-0.25, -0.2) is 0 Å². The van der Waals surface area contributed by atoms with Gasteiger partial charge in [-0.05, 0) is 27.2 Å². The lowest BCUT2D eigenvalue weighted by Crippen LogP contribution is -2.68. The van der Waals surface area contributed by atoms with E-state index in [1.54, 1.807) is 32.9 Å². The summed E-state index contributed by atoms with van der Waals surface area (Å²) in [6.07, 6.45) is -4.48. The second-order valence-corrected chi connectivity index (χ2v) is 12.5. The minimum atomic E-state index is -1.96. The number of ether oxygens (including phenoxy) is 9. The van der Waals surface area contributed by atoms with Crippen molar-refractivity contribution in [2.75, 3.05) is 21.3 Å². The second-order valence-electron chi connectivity index (χ2n) is 12.5. The van der Waals surface area contributed by atoms with Crippen molar-refractivity contribution < 1.29 is 62.7 Å². The Morgan fingerprint density at radius 1 is 0.864 bits per heavy atom. The Bertz CT molecular complexity index is 1030.